The first-order valence-electron chi connectivity index (χ1n) is 4.60. The minimum atomic E-state index is 0.293. The van der Waals surface area contributed by atoms with Crippen LogP contribution >= 0.6 is 0 Å². The zero-order valence-electron chi connectivity index (χ0n) is 8.46. The molecule has 0 heteroatoms. The lowest BCUT2D eigenvalue weighted by Gasteiger charge is -2.29. The van der Waals surface area contributed by atoms with Gasteiger partial charge in [-0.05, 0) is 16.9 Å². The molecule has 0 fully saturated rings. The Labute approximate surface area is 75.6 Å². The molecule has 0 unspecified atom stereocenters. The quantitative estimate of drug-likeness (QED) is 0.623. The molecule has 1 rings (SSSR count). The number of hydrogen-bond acceptors (Lipinski definition) is 0. The van der Waals surface area contributed by atoms with Crippen LogP contribution in [-0.4, -0.2) is 0 Å². The predicted molar refractivity (Wildman–Crippen MR) is 54.3 cm³/mol. The highest BCUT2D eigenvalue weighted by Gasteiger charge is 2.23. The van der Waals surface area contributed by atoms with E-state index in [1.54, 1.807) is 0 Å². The molecule has 1 aromatic carbocycles. The van der Waals surface area contributed by atoms with Crippen molar-refractivity contribution in [2.75, 3.05) is 0 Å². The smallest absolute Gasteiger partial charge is 0.00806 e. The summed E-state index contributed by atoms with van der Waals surface area (Å²) in [5.41, 5.74) is 1.72. The first kappa shape index (κ1) is 9.31. The average molecular weight is 162 g/mol. The monoisotopic (exact) mass is 162 g/mol. The van der Waals surface area contributed by atoms with Gasteiger partial charge in [0.15, 0.2) is 0 Å². The summed E-state index contributed by atoms with van der Waals surface area (Å²) in [5, 5.41) is 0. The van der Waals surface area contributed by atoms with Gasteiger partial charge in [-0.25, -0.2) is 0 Å². The predicted octanol–water partition coefficient (Wildman–Crippen LogP) is 3.62. The van der Waals surface area contributed by atoms with Gasteiger partial charge >= 0.3 is 0 Å². The summed E-state index contributed by atoms with van der Waals surface area (Å²) in [6, 6.07) is 10.7. The maximum Gasteiger partial charge on any atom is -0.00806 e. The van der Waals surface area contributed by atoms with E-state index in [1.807, 2.05) is 0 Å². The minimum absolute atomic E-state index is 0.293. The zero-order chi connectivity index (χ0) is 9.19. The Hall–Kier alpha value is -0.780. The lowest BCUT2D eigenvalue weighted by molar-refractivity contribution is 0.372. The van der Waals surface area contributed by atoms with E-state index in [9.17, 15) is 0 Å². The lowest BCUT2D eigenvalue weighted by atomic mass is 9.75. The van der Waals surface area contributed by atoms with Crippen LogP contribution in [0.25, 0.3) is 0 Å². The van der Waals surface area contributed by atoms with Crippen molar-refractivity contribution in [1.29, 1.82) is 0 Å². The van der Waals surface area contributed by atoms with Crippen LogP contribution in [0, 0.1) is 5.92 Å². The number of benzene rings is 1. The molecule has 0 aliphatic heterocycles. The summed E-state index contributed by atoms with van der Waals surface area (Å²) in [6.07, 6.45) is 0. The second kappa shape index (κ2) is 3.30. The van der Waals surface area contributed by atoms with Gasteiger partial charge in [-0.15, -0.1) is 0 Å². The molecule has 12 heavy (non-hydrogen) atoms. The first-order chi connectivity index (χ1) is 5.55. The van der Waals surface area contributed by atoms with Gasteiger partial charge in [-0.1, -0.05) is 58.0 Å². The van der Waals surface area contributed by atoms with Gasteiger partial charge in [0.1, 0.15) is 0 Å². The van der Waals surface area contributed by atoms with Crippen molar-refractivity contribution in [2.45, 2.75) is 33.1 Å². The lowest BCUT2D eigenvalue weighted by Crippen LogP contribution is -2.23. The molecule has 1 aromatic rings. The zero-order valence-corrected chi connectivity index (χ0v) is 8.46. The molecular weight excluding hydrogens is 144 g/mol. The van der Waals surface area contributed by atoms with Crippen molar-refractivity contribution in [2.24, 2.45) is 5.92 Å². The van der Waals surface area contributed by atoms with Crippen molar-refractivity contribution in [1.82, 2.24) is 0 Å². The van der Waals surface area contributed by atoms with Gasteiger partial charge in [0.25, 0.3) is 0 Å². The highest BCUT2D eigenvalue weighted by atomic mass is 14.3. The van der Waals surface area contributed by atoms with E-state index in [-0.39, 0.29) is 0 Å². The van der Waals surface area contributed by atoms with Crippen molar-refractivity contribution in [3.8, 4) is 0 Å². The fraction of sp³-hybridized carbons (Fsp3) is 0.500. The van der Waals surface area contributed by atoms with Crippen LogP contribution in [0.4, 0.5) is 0 Å². The molecule has 0 amide bonds. The fourth-order valence-electron chi connectivity index (χ4n) is 1.20. The molecule has 0 aliphatic rings. The topological polar surface area (TPSA) is 0 Å². The molecule has 0 saturated heterocycles. The van der Waals surface area contributed by atoms with Gasteiger partial charge in [0.2, 0.25) is 0 Å². The van der Waals surface area contributed by atoms with Crippen molar-refractivity contribution < 1.29 is 0 Å². The summed E-state index contributed by atoms with van der Waals surface area (Å²) in [4.78, 5) is 0. The van der Waals surface area contributed by atoms with Gasteiger partial charge in [0, 0.05) is 0 Å². The Morgan fingerprint density at radius 3 is 1.92 bits per heavy atom. The largest absolute Gasteiger partial charge is 0.0622 e. The van der Waals surface area contributed by atoms with E-state index in [0.29, 0.717) is 11.3 Å². The average Bonchev–Trinajstić information content (AvgIpc) is 2.06. The van der Waals surface area contributed by atoms with Crippen LogP contribution in [0.15, 0.2) is 30.3 Å². The van der Waals surface area contributed by atoms with Crippen LogP contribution in [0.1, 0.15) is 33.3 Å². The van der Waals surface area contributed by atoms with E-state index in [1.165, 1.54) is 5.56 Å². The van der Waals surface area contributed by atoms with Crippen LogP contribution in [0.2, 0.25) is 0 Å². The van der Waals surface area contributed by atoms with Gasteiger partial charge in [-0.3, -0.25) is 0 Å². The summed E-state index contributed by atoms with van der Waals surface area (Å²) < 4.78 is 0. The van der Waals surface area contributed by atoms with Gasteiger partial charge < -0.3 is 0 Å². The van der Waals surface area contributed by atoms with Crippen LogP contribution in [0.3, 0.4) is 0 Å². The molecule has 0 atom stereocenters. The molecule has 0 radical (unpaired) electrons. The number of rotatable bonds is 2. The highest BCUT2D eigenvalue weighted by Crippen LogP contribution is 2.30. The Kier molecular flexibility index (Phi) is 2.56. The van der Waals surface area contributed by atoms with Crippen LogP contribution in [0.5, 0.6) is 0 Å². The third kappa shape index (κ3) is 1.69. The van der Waals surface area contributed by atoms with Crippen molar-refractivity contribution in [3.63, 3.8) is 0 Å². The molecular formula is C12H18. The van der Waals surface area contributed by atoms with Crippen molar-refractivity contribution in [3.05, 3.63) is 35.9 Å². The Morgan fingerprint density at radius 1 is 1.00 bits per heavy atom. The van der Waals surface area contributed by atoms with Crippen LogP contribution in [-0.2, 0) is 5.41 Å². The molecule has 0 N–H and O–H groups in total. The summed E-state index contributed by atoms with van der Waals surface area (Å²) in [5.74, 6) is 0.680. The molecule has 66 valence electrons. The Morgan fingerprint density at radius 2 is 1.50 bits per heavy atom. The molecule has 0 nitrogen and oxygen atoms in total. The van der Waals surface area contributed by atoms with E-state index in [2.05, 4.69) is 58.0 Å². The van der Waals surface area contributed by atoms with Crippen LogP contribution < -0.4 is 0 Å². The molecule has 0 bridgehead atoms. The summed E-state index contributed by atoms with van der Waals surface area (Å²) in [6.45, 7) is 9.14. The minimum Gasteiger partial charge on any atom is -0.0622 e. The number of hydrogen-bond donors (Lipinski definition) is 0. The van der Waals surface area contributed by atoms with E-state index < -0.39 is 0 Å². The Balaban J connectivity index is 2.98. The first-order valence-corrected chi connectivity index (χ1v) is 4.60. The molecule has 0 saturated carbocycles. The second-order valence-corrected chi connectivity index (χ2v) is 4.24. The molecule has 0 spiro atoms. The van der Waals surface area contributed by atoms with E-state index in [4.69, 9.17) is 0 Å². The maximum atomic E-state index is 2.30. The maximum absolute atomic E-state index is 2.30. The van der Waals surface area contributed by atoms with Gasteiger partial charge in [0.05, 0.1) is 0 Å². The normalized spacial score (nSPS) is 12.1. The summed E-state index contributed by atoms with van der Waals surface area (Å²) in [7, 11) is 0. The standard InChI is InChI=1S/C12H18/c1-10(2)12(3,4)11-8-6-5-7-9-11/h5-10H,1-4H3. The third-order valence-electron chi connectivity index (χ3n) is 2.96. The van der Waals surface area contributed by atoms with E-state index in [0.717, 1.165) is 0 Å². The Bertz CT molecular complexity index is 231. The molecule has 0 heterocycles. The van der Waals surface area contributed by atoms with Gasteiger partial charge in [-0.2, -0.15) is 0 Å². The SMILES string of the molecule is CC(C)C(C)(C)c1ccccc1. The highest BCUT2D eigenvalue weighted by molar-refractivity contribution is 5.23. The van der Waals surface area contributed by atoms with E-state index >= 15 is 0 Å². The molecule has 0 aromatic heterocycles. The third-order valence-corrected chi connectivity index (χ3v) is 2.96. The second-order valence-electron chi connectivity index (χ2n) is 4.24. The van der Waals surface area contributed by atoms with Crippen molar-refractivity contribution >= 4 is 0 Å². The molecule has 0 aliphatic carbocycles. The fourth-order valence-corrected chi connectivity index (χ4v) is 1.20. The summed E-state index contributed by atoms with van der Waals surface area (Å²) >= 11 is 0.